The predicted octanol–water partition coefficient (Wildman–Crippen LogP) is 4.55. The van der Waals surface area contributed by atoms with E-state index in [1.807, 2.05) is 7.05 Å². The summed E-state index contributed by atoms with van der Waals surface area (Å²) in [7, 11) is 2.02. The lowest BCUT2D eigenvalue weighted by molar-refractivity contribution is 0.688. The molecular formula is C17H20IN. The van der Waals surface area contributed by atoms with Gasteiger partial charge in [-0.25, -0.2) is 0 Å². The van der Waals surface area contributed by atoms with Crippen molar-refractivity contribution in [2.75, 3.05) is 7.05 Å². The second kappa shape index (κ2) is 7.06. The summed E-state index contributed by atoms with van der Waals surface area (Å²) >= 11 is 2.41. The number of hydrogen-bond donors (Lipinski definition) is 1. The number of hydrogen-bond acceptors (Lipinski definition) is 1. The monoisotopic (exact) mass is 365 g/mol. The van der Waals surface area contributed by atoms with Crippen molar-refractivity contribution in [1.82, 2.24) is 5.32 Å². The summed E-state index contributed by atoms with van der Waals surface area (Å²) < 4.78 is 1.30. The molecule has 0 saturated carbocycles. The highest BCUT2D eigenvalue weighted by molar-refractivity contribution is 14.1. The molecule has 2 aromatic carbocycles. The summed E-state index contributed by atoms with van der Waals surface area (Å²) in [5.41, 5.74) is 4.09. The molecule has 1 N–H and O–H groups in total. The van der Waals surface area contributed by atoms with Gasteiger partial charge in [0.05, 0.1) is 6.04 Å². The number of nitrogens with one attached hydrogen (secondary N) is 1. The van der Waals surface area contributed by atoms with Gasteiger partial charge in [-0.15, -0.1) is 0 Å². The van der Waals surface area contributed by atoms with Crippen LogP contribution in [0, 0.1) is 3.57 Å². The quantitative estimate of drug-likeness (QED) is 0.767. The fourth-order valence-electron chi connectivity index (χ4n) is 2.38. The van der Waals surface area contributed by atoms with E-state index in [9.17, 15) is 0 Å². The molecule has 1 unspecified atom stereocenters. The van der Waals surface area contributed by atoms with Crippen molar-refractivity contribution < 1.29 is 0 Å². The molecule has 1 atom stereocenters. The lowest BCUT2D eigenvalue weighted by atomic mass is 9.97. The molecule has 100 valence electrons. The third-order valence-corrected chi connectivity index (χ3v) is 4.34. The molecule has 0 bridgehead atoms. The zero-order valence-electron chi connectivity index (χ0n) is 11.5. The van der Waals surface area contributed by atoms with Gasteiger partial charge in [-0.1, -0.05) is 55.8 Å². The maximum atomic E-state index is 3.42. The van der Waals surface area contributed by atoms with Crippen molar-refractivity contribution in [2.45, 2.75) is 25.8 Å². The molecule has 0 radical (unpaired) electrons. The molecule has 0 aliphatic heterocycles. The molecule has 0 saturated heterocycles. The molecule has 1 nitrogen and oxygen atoms in total. The average Bonchev–Trinajstić information content (AvgIpc) is 2.44. The van der Waals surface area contributed by atoms with E-state index in [1.165, 1.54) is 26.7 Å². The normalized spacial score (nSPS) is 12.4. The predicted molar refractivity (Wildman–Crippen MR) is 90.5 cm³/mol. The van der Waals surface area contributed by atoms with Gasteiger partial charge in [-0.05, 0) is 58.8 Å². The molecule has 0 aromatic heterocycles. The van der Waals surface area contributed by atoms with Gasteiger partial charge in [-0.3, -0.25) is 0 Å². The fraction of sp³-hybridized carbons (Fsp3) is 0.294. The van der Waals surface area contributed by atoms with Crippen molar-refractivity contribution in [2.24, 2.45) is 0 Å². The summed E-state index contributed by atoms with van der Waals surface area (Å²) in [5, 5.41) is 3.42. The molecule has 19 heavy (non-hydrogen) atoms. The maximum absolute atomic E-state index is 3.42. The van der Waals surface area contributed by atoms with Crippen LogP contribution >= 0.6 is 22.6 Å². The Morgan fingerprint density at radius 3 is 2.32 bits per heavy atom. The molecule has 0 fully saturated rings. The van der Waals surface area contributed by atoms with Crippen LogP contribution in [0.1, 0.15) is 36.1 Å². The Kier molecular flexibility index (Phi) is 5.40. The lowest BCUT2D eigenvalue weighted by Gasteiger charge is -2.19. The molecule has 2 rings (SSSR count). The largest absolute Gasteiger partial charge is 0.309 e. The first kappa shape index (κ1) is 14.5. The van der Waals surface area contributed by atoms with Crippen LogP contribution in [0.25, 0.3) is 0 Å². The first-order chi connectivity index (χ1) is 9.26. The maximum Gasteiger partial charge on any atom is 0.0584 e. The van der Waals surface area contributed by atoms with Crippen LogP contribution in [-0.4, -0.2) is 7.05 Å². The first-order valence-electron chi connectivity index (χ1n) is 6.76. The van der Waals surface area contributed by atoms with E-state index in [2.05, 4.69) is 83.4 Å². The second-order valence-corrected chi connectivity index (χ2v) is 5.90. The summed E-state index contributed by atoms with van der Waals surface area (Å²) in [6.45, 7) is 2.22. The summed E-state index contributed by atoms with van der Waals surface area (Å²) in [5.74, 6) is 0. The molecule has 2 aromatic rings. The van der Waals surface area contributed by atoms with Gasteiger partial charge in [0.2, 0.25) is 0 Å². The van der Waals surface area contributed by atoms with Crippen LogP contribution in [0.3, 0.4) is 0 Å². The molecule has 0 amide bonds. The van der Waals surface area contributed by atoms with Crippen molar-refractivity contribution in [3.8, 4) is 0 Å². The van der Waals surface area contributed by atoms with Gasteiger partial charge < -0.3 is 5.32 Å². The Hall–Kier alpha value is -0.870. The van der Waals surface area contributed by atoms with E-state index in [0.29, 0.717) is 0 Å². The zero-order valence-corrected chi connectivity index (χ0v) is 13.6. The van der Waals surface area contributed by atoms with Gasteiger partial charge in [-0.2, -0.15) is 0 Å². The third-order valence-electron chi connectivity index (χ3n) is 3.36. The molecule has 2 heteroatoms. The molecular weight excluding hydrogens is 345 g/mol. The smallest absolute Gasteiger partial charge is 0.0584 e. The number of halogens is 1. The van der Waals surface area contributed by atoms with Crippen molar-refractivity contribution >= 4 is 22.6 Å². The Bertz CT molecular complexity index is 519. The Labute approximate surface area is 129 Å². The highest BCUT2D eigenvalue weighted by atomic mass is 127. The minimum Gasteiger partial charge on any atom is -0.309 e. The van der Waals surface area contributed by atoms with E-state index < -0.39 is 0 Å². The van der Waals surface area contributed by atoms with Gasteiger partial charge in [0.1, 0.15) is 0 Å². The van der Waals surface area contributed by atoms with Crippen LogP contribution in [0.4, 0.5) is 0 Å². The number of benzene rings is 2. The molecule has 0 heterocycles. The summed E-state index contributed by atoms with van der Waals surface area (Å²) in [4.78, 5) is 0. The third kappa shape index (κ3) is 3.57. The van der Waals surface area contributed by atoms with Gasteiger partial charge in [0.15, 0.2) is 0 Å². The van der Waals surface area contributed by atoms with Crippen LogP contribution in [0.2, 0.25) is 0 Å². The van der Waals surface area contributed by atoms with Crippen molar-refractivity contribution in [3.05, 3.63) is 68.8 Å². The number of rotatable bonds is 5. The average molecular weight is 365 g/mol. The summed E-state index contributed by atoms with van der Waals surface area (Å²) in [6, 6.07) is 17.8. The van der Waals surface area contributed by atoms with Crippen molar-refractivity contribution in [3.63, 3.8) is 0 Å². The van der Waals surface area contributed by atoms with E-state index in [4.69, 9.17) is 0 Å². The minimum atomic E-state index is 0.267. The zero-order chi connectivity index (χ0) is 13.7. The van der Waals surface area contributed by atoms with Crippen LogP contribution in [-0.2, 0) is 6.42 Å². The standard InChI is InChI=1S/C17H20IN/c1-3-6-13-9-11-14(12-10-13)17(19-2)15-7-4-5-8-16(15)18/h4-5,7-12,17,19H,3,6H2,1-2H3. The van der Waals surface area contributed by atoms with E-state index >= 15 is 0 Å². The lowest BCUT2D eigenvalue weighted by Crippen LogP contribution is -2.18. The Morgan fingerprint density at radius 2 is 1.74 bits per heavy atom. The number of aryl methyl sites for hydroxylation is 1. The van der Waals surface area contributed by atoms with E-state index in [-0.39, 0.29) is 6.04 Å². The van der Waals surface area contributed by atoms with Gasteiger partial charge in [0, 0.05) is 3.57 Å². The van der Waals surface area contributed by atoms with Crippen LogP contribution in [0.5, 0.6) is 0 Å². The molecule has 0 spiro atoms. The van der Waals surface area contributed by atoms with E-state index in [0.717, 1.165) is 6.42 Å². The van der Waals surface area contributed by atoms with Crippen LogP contribution in [0.15, 0.2) is 48.5 Å². The Morgan fingerprint density at radius 1 is 1.05 bits per heavy atom. The van der Waals surface area contributed by atoms with E-state index in [1.54, 1.807) is 0 Å². The van der Waals surface area contributed by atoms with Gasteiger partial charge >= 0.3 is 0 Å². The molecule has 0 aliphatic carbocycles. The first-order valence-corrected chi connectivity index (χ1v) is 7.84. The fourth-order valence-corrected chi connectivity index (χ4v) is 3.08. The van der Waals surface area contributed by atoms with Crippen molar-refractivity contribution in [1.29, 1.82) is 0 Å². The Balaban J connectivity index is 2.29. The SMILES string of the molecule is CCCc1ccc(C(NC)c2ccccc2I)cc1. The highest BCUT2D eigenvalue weighted by Gasteiger charge is 2.14. The van der Waals surface area contributed by atoms with Crippen LogP contribution < -0.4 is 5.32 Å². The second-order valence-electron chi connectivity index (χ2n) is 4.73. The minimum absolute atomic E-state index is 0.267. The van der Waals surface area contributed by atoms with Gasteiger partial charge in [0.25, 0.3) is 0 Å². The summed E-state index contributed by atoms with van der Waals surface area (Å²) in [6.07, 6.45) is 2.36. The molecule has 0 aliphatic rings. The topological polar surface area (TPSA) is 12.0 Å². The highest BCUT2D eigenvalue weighted by Crippen LogP contribution is 2.26.